The van der Waals surface area contributed by atoms with Gasteiger partial charge in [-0.05, 0) is 24.5 Å². The number of methoxy groups -OCH3 is 2. The maximum atomic E-state index is 10.2. The summed E-state index contributed by atoms with van der Waals surface area (Å²) >= 11 is 0. The first kappa shape index (κ1) is 12.2. The van der Waals surface area contributed by atoms with Crippen molar-refractivity contribution in [3.05, 3.63) is 23.8 Å². The molecule has 1 unspecified atom stereocenters. The Morgan fingerprint density at radius 3 is 2.59 bits per heavy atom. The summed E-state index contributed by atoms with van der Waals surface area (Å²) in [5, 5.41) is 10.2. The Bertz CT molecular complexity index is 372. The van der Waals surface area contributed by atoms with E-state index in [0.717, 1.165) is 17.7 Å². The third-order valence-electron chi connectivity index (χ3n) is 3.58. The van der Waals surface area contributed by atoms with Gasteiger partial charge in [0.05, 0.1) is 20.3 Å². The predicted molar refractivity (Wildman–Crippen MR) is 66.5 cm³/mol. The average molecular weight is 236 g/mol. The molecule has 0 aromatic heterocycles. The molecule has 1 fully saturated rings. The molecule has 1 aromatic carbocycles. The summed E-state index contributed by atoms with van der Waals surface area (Å²) in [5.41, 5.74) is 0.861. The van der Waals surface area contributed by atoms with E-state index in [9.17, 15) is 5.11 Å². The molecule has 0 saturated heterocycles. The van der Waals surface area contributed by atoms with Crippen LogP contribution in [0.4, 0.5) is 0 Å². The van der Waals surface area contributed by atoms with Crippen molar-refractivity contribution >= 4 is 0 Å². The first-order valence-corrected chi connectivity index (χ1v) is 6.14. The minimum Gasteiger partial charge on any atom is -0.497 e. The summed E-state index contributed by atoms with van der Waals surface area (Å²) in [6.07, 6.45) is 4.20. The smallest absolute Gasteiger partial charge is 0.128 e. The van der Waals surface area contributed by atoms with Crippen molar-refractivity contribution in [2.45, 2.75) is 31.8 Å². The Hall–Kier alpha value is -1.22. The fourth-order valence-electron chi connectivity index (χ4n) is 2.26. The number of aliphatic hydroxyl groups is 1. The highest BCUT2D eigenvalue weighted by molar-refractivity contribution is 5.41. The molecule has 0 aliphatic heterocycles. The zero-order valence-corrected chi connectivity index (χ0v) is 10.5. The van der Waals surface area contributed by atoms with Crippen LogP contribution in [-0.4, -0.2) is 19.3 Å². The molecule has 0 radical (unpaired) electrons. The van der Waals surface area contributed by atoms with Crippen molar-refractivity contribution in [3.8, 4) is 11.5 Å². The third-order valence-corrected chi connectivity index (χ3v) is 3.58. The molecular formula is C14H20O3. The van der Waals surface area contributed by atoms with Crippen molar-refractivity contribution in [2.24, 2.45) is 5.92 Å². The molecule has 3 heteroatoms. The van der Waals surface area contributed by atoms with Crippen molar-refractivity contribution in [1.29, 1.82) is 0 Å². The molecule has 2 rings (SSSR count). The van der Waals surface area contributed by atoms with E-state index in [-0.39, 0.29) is 0 Å². The van der Waals surface area contributed by atoms with Crippen LogP contribution in [0.25, 0.3) is 0 Å². The predicted octanol–water partition coefficient (Wildman–Crippen LogP) is 2.93. The van der Waals surface area contributed by atoms with Crippen molar-refractivity contribution in [2.75, 3.05) is 14.2 Å². The van der Waals surface area contributed by atoms with Crippen LogP contribution in [0, 0.1) is 5.92 Å². The Labute approximate surface area is 102 Å². The van der Waals surface area contributed by atoms with Gasteiger partial charge in [-0.1, -0.05) is 19.3 Å². The molecule has 0 amide bonds. The largest absolute Gasteiger partial charge is 0.497 e. The van der Waals surface area contributed by atoms with Crippen LogP contribution in [-0.2, 0) is 0 Å². The van der Waals surface area contributed by atoms with E-state index in [1.807, 2.05) is 18.2 Å². The lowest BCUT2D eigenvalue weighted by atomic mass is 9.80. The van der Waals surface area contributed by atoms with E-state index in [0.29, 0.717) is 11.7 Å². The zero-order valence-electron chi connectivity index (χ0n) is 10.5. The topological polar surface area (TPSA) is 38.7 Å². The van der Waals surface area contributed by atoms with E-state index in [1.54, 1.807) is 14.2 Å². The van der Waals surface area contributed by atoms with E-state index < -0.39 is 6.10 Å². The Balaban J connectivity index is 2.12. The lowest BCUT2D eigenvalue weighted by Crippen LogP contribution is -2.15. The quantitative estimate of drug-likeness (QED) is 0.854. The number of hydrogen-bond acceptors (Lipinski definition) is 3. The Morgan fingerprint density at radius 1 is 1.29 bits per heavy atom. The Morgan fingerprint density at radius 2 is 2.06 bits per heavy atom. The van der Waals surface area contributed by atoms with Crippen molar-refractivity contribution in [3.63, 3.8) is 0 Å². The second-order valence-corrected chi connectivity index (χ2v) is 4.66. The van der Waals surface area contributed by atoms with Gasteiger partial charge >= 0.3 is 0 Å². The first-order chi connectivity index (χ1) is 8.24. The molecule has 1 saturated carbocycles. The minimum absolute atomic E-state index is 0.429. The zero-order chi connectivity index (χ0) is 12.3. The number of benzene rings is 1. The Kier molecular flexibility index (Phi) is 3.89. The van der Waals surface area contributed by atoms with Crippen molar-refractivity contribution < 1.29 is 14.6 Å². The van der Waals surface area contributed by atoms with E-state index in [1.165, 1.54) is 19.3 Å². The van der Waals surface area contributed by atoms with Crippen LogP contribution in [0.1, 0.15) is 37.4 Å². The molecule has 0 spiro atoms. The van der Waals surface area contributed by atoms with Gasteiger partial charge < -0.3 is 14.6 Å². The van der Waals surface area contributed by atoms with Crippen LogP contribution >= 0.6 is 0 Å². The summed E-state index contributed by atoms with van der Waals surface area (Å²) in [5.74, 6) is 2.13. The molecule has 0 bridgehead atoms. The molecule has 1 N–H and O–H groups in total. The maximum Gasteiger partial charge on any atom is 0.128 e. The average Bonchev–Trinajstić information content (AvgIpc) is 2.32. The first-order valence-electron chi connectivity index (χ1n) is 6.14. The van der Waals surface area contributed by atoms with Gasteiger partial charge in [0, 0.05) is 11.6 Å². The summed E-state index contributed by atoms with van der Waals surface area (Å²) in [7, 11) is 3.24. The molecule has 1 atom stereocenters. The molecule has 1 aromatic rings. The van der Waals surface area contributed by atoms with Gasteiger partial charge in [-0.15, -0.1) is 0 Å². The highest BCUT2D eigenvalue weighted by Gasteiger charge is 2.23. The number of rotatable bonds is 5. The number of ether oxygens (including phenoxy) is 2. The fraction of sp³-hybridized carbons (Fsp3) is 0.571. The van der Waals surface area contributed by atoms with Crippen LogP contribution in [0.3, 0.4) is 0 Å². The number of aliphatic hydroxyl groups excluding tert-OH is 1. The summed E-state index contributed by atoms with van der Waals surface area (Å²) in [6, 6.07) is 5.57. The van der Waals surface area contributed by atoms with Crippen LogP contribution in [0.15, 0.2) is 18.2 Å². The molecular weight excluding hydrogens is 216 g/mol. The van der Waals surface area contributed by atoms with E-state index >= 15 is 0 Å². The second kappa shape index (κ2) is 5.41. The van der Waals surface area contributed by atoms with Crippen molar-refractivity contribution in [1.82, 2.24) is 0 Å². The standard InChI is InChI=1S/C14H20O3/c1-16-11-6-7-12(14(9-11)17-2)13(15)8-10-4-3-5-10/h6-7,9-10,13,15H,3-5,8H2,1-2H3. The molecule has 1 aliphatic carbocycles. The van der Waals surface area contributed by atoms with Gasteiger partial charge in [0.1, 0.15) is 11.5 Å². The molecule has 94 valence electrons. The molecule has 0 heterocycles. The third kappa shape index (κ3) is 2.72. The summed E-state index contributed by atoms with van der Waals surface area (Å²) in [4.78, 5) is 0. The molecule has 3 nitrogen and oxygen atoms in total. The van der Waals surface area contributed by atoms with E-state index in [2.05, 4.69) is 0 Å². The van der Waals surface area contributed by atoms with Gasteiger partial charge in [0.2, 0.25) is 0 Å². The van der Waals surface area contributed by atoms with E-state index in [4.69, 9.17) is 9.47 Å². The van der Waals surface area contributed by atoms with Crippen LogP contribution < -0.4 is 9.47 Å². The van der Waals surface area contributed by atoms with Gasteiger partial charge in [-0.25, -0.2) is 0 Å². The summed E-state index contributed by atoms with van der Waals surface area (Å²) in [6.45, 7) is 0. The van der Waals surface area contributed by atoms with Gasteiger partial charge in [0.15, 0.2) is 0 Å². The second-order valence-electron chi connectivity index (χ2n) is 4.66. The van der Waals surface area contributed by atoms with Gasteiger partial charge in [-0.3, -0.25) is 0 Å². The van der Waals surface area contributed by atoms with Crippen LogP contribution in [0.2, 0.25) is 0 Å². The lowest BCUT2D eigenvalue weighted by molar-refractivity contribution is 0.116. The monoisotopic (exact) mass is 236 g/mol. The fourth-order valence-corrected chi connectivity index (χ4v) is 2.26. The molecule has 17 heavy (non-hydrogen) atoms. The minimum atomic E-state index is -0.429. The van der Waals surface area contributed by atoms with Crippen LogP contribution in [0.5, 0.6) is 11.5 Å². The molecule has 1 aliphatic rings. The number of hydrogen-bond donors (Lipinski definition) is 1. The highest BCUT2D eigenvalue weighted by Crippen LogP contribution is 2.38. The summed E-state index contributed by atoms with van der Waals surface area (Å²) < 4.78 is 10.4. The van der Waals surface area contributed by atoms with Gasteiger partial charge in [-0.2, -0.15) is 0 Å². The lowest BCUT2D eigenvalue weighted by Gasteiger charge is -2.28. The maximum absolute atomic E-state index is 10.2. The van der Waals surface area contributed by atoms with Gasteiger partial charge in [0.25, 0.3) is 0 Å². The normalized spacial score (nSPS) is 17.4. The highest BCUT2D eigenvalue weighted by atomic mass is 16.5. The SMILES string of the molecule is COc1ccc(C(O)CC2CCC2)c(OC)c1.